The van der Waals surface area contributed by atoms with Crippen molar-refractivity contribution in [3.63, 3.8) is 0 Å². The Morgan fingerprint density at radius 2 is 1.67 bits per heavy atom. The van der Waals surface area contributed by atoms with Crippen molar-refractivity contribution in [2.75, 3.05) is 12.4 Å². The number of carbonyl (C=O) groups is 2. The van der Waals surface area contributed by atoms with Crippen molar-refractivity contribution in [1.82, 2.24) is 0 Å². The molecule has 0 radical (unpaired) electrons. The van der Waals surface area contributed by atoms with E-state index in [4.69, 9.17) is 9.47 Å². The molecule has 0 atom stereocenters. The Labute approximate surface area is 176 Å². The highest BCUT2D eigenvalue weighted by atomic mass is 16.5. The van der Waals surface area contributed by atoms with E-state index in [1.54, 1.807) is 31.4 Å². The highest BCUT2D eigenvalue weighted by Crippen LogP contribution is 2.18. The number of nitrogens with one attached hydrogen (secondary N) is 1. The van der Waals surface area contributed by atoms with Crippen molar-refractivity contribution in [3.8, 4) is 5.75 Å². The summed E-state index contributed by atoms with van der Waals surface area (Å²) in [5.41, 5.74) is 3.85. The molecular weight excluding hydrogens is 378 g/mol. The van der Waals surface area contributed by atoms with Gasteiger partial charge in [-0.2, -0.15) is 0 Å². The zero-order chi connectivity index (χ0) is 21.3. The average Bonchev–Trinajstić information content (AvgIpc) is 2.77. The zero-order valence-corrected chi connectivity index (χ0v) is 17.2. The number of hydrogen-bond donors (Lipinski definition) is 1. The van der Waals surface area contributed by atoms with Crippen LogP contribution in [0.5, 0.6) is 5.75 Å². The summed E-state index contributed by atoms with van der Waals surface area (Å²) in [7, 11) is 1.62. The average molecular weight is 403 g/mol. The van der Waals surface area contributed by atoms with E-state index in [1.807, 2.05) is 55.5 Å². The van der Waals surface area contributed by atoms with Crippen LogP contribution in [0.2, 0.25) is 0 Å². The molecule has 1 N–H and O–H groups in total. The van der Waals surface area contributed by atoms with Gasteiger partial charge in [0.25, 0.3) is 0 Å². The predicted molar refractivity (Wildman–Crippen MR) is 117 cm³/mol. The molecule has 0 saturated carbocycles. The minimum absolute atomic E-state index is 0.162. The van der Waals surface area contributed by atoms with E-state index in [0.29, 0.717) is 24.1 Å². The van der Waals surface area contributed by atoms with Crippen molar-refractivity contribution >= 4 is 17.6 Å². The lowest BCUT2D eigenvalue weighted by Crippen LogP contribution is -2.16. The van der Waals surface area contributed by atoms with Crippen LogP contribution < -0.4 is 10.1 Å². The second kappa shape index (κ2) is 10.3. The molecule has 0 bridgehead atoms. The monoisotopic (exact) mass is 403 g/mol. The van der Waals surface area contributed by atoms with Gasteiger partial charge in [-0.15, -0.1) is 0 Å². The maximum atomic E-state index is 12.6. The molecule has 0 heterocycles. The molecule has 1 amide bonds. The lowest BCUT2D eigenvalue weighted by molar-refractivity contribution is -0.116. The first-order chi connectivity index (χ1) is 14.5. The number of rotatable bonds is 8. The van der Waals surface area contributed by atoms with Gasteiger partial charge < -0.3 is 14.8 Å². The van der Waals surface area contributed by atoms with Gasteiger partial charge >= 0.3 is 5.97 Å². The van der Waals surface area contributed by atoms with Crippen molar-refractivity contribution in [2.24, 2.45) is 0 Å². The van der Waals surface area contributed by atoms with Crippen molar-refractivity contribution in [3.05, 3.63) is 95.1 Å². The molecule has 5 heteroatoms. The molecule has 0 aromatic heterocycles. The lowest BCUT2D eigenvalue weighted by Gasteiger charge is -2.11. The number of para-hydroxylation sites is 1. The number of aryl methyl sites for hydroxylation is 2. The first kappa shape index (κ1) is 21.1. The van der Waals surface area contributed by atoms with Crippen LogP contribution in [0.3, 0.4) is 0 Å². The summed E-state index contributed by atoms with van der Waals surface area (Å²) in [5, 5.41) is 2.83. The number of amides is 1. The smallest absolute Gasteiger partial charge is 0.340 e. The number of anilines is 1. The SMILES string of the molecule is COc1ccc(CCC(=O)Nc2ccccc2C(=O)OCc2cccc(C)c2)cc1. The largest absolute Gasteiger partial charge is 0.497 e. The van der Waals surface area contributed by atoms with Crippen LogP contribution in [0.15, 0.2) is 72.8 Å². The van der Waals surface area contributed by atoms with Crippen LogP contribution in [0, 0.1) is 6.92 Å². The highest BCUT2D eigenvalue weighted by molar-refractivity contribution is 6.01. The number of carbonyl (C=O) groups excluding carboxylic acids is 2. The third-order valence-corrected chi connectivity index (χ3v) is 4.67. The minimum Gasteiger partial charge on any atom is -0.497 e. The van der Waals surface area contributed by atoms with E-state index in [0.717, 1.165) is 22.4 Å². The Morgan fingerprint density at radius 3 is 2.40 bits per heavy atom. The summed E-state index contributed by atoms with van der Waals surface area (Å²) >= 11 is 0. The Kier molecular flexibility index (Phi) is 7.22. The summed E-state index contributed by atoms with van der Waals surface area (Å²) in [4.78, 5) is 25.0. The van der Waals surface area contributed by atoms with Crippen molar-refractivity contribution in [2.45, 2.75) is 26.4 Å². The number of ether oxygens (including phenoxy) is 2. The quantitative estimate of drug-likeness (QED) is 0.542. The summed E-state index contributed by atoms with van der Waals surface area (Å²) in [5.74, 6) is 0.147. The number of hydrogen-bond acceptors (Lipinski definition) is 4. The molecule has 0 fully saturated rings. The third kappa shape index (κ3) is 5.95. The molecule has 3 rings (SSSR count). The topological polar surface area (TPSA) is 64.6 Å². The Bertz CT molecular complexity index is 1010. The van der Waals surface area contributed by atoms with E-state index >= 15 is 0 Å². The molecule has 0 aliphatic heterocycles. The van der Waals surface area contributed by atoms with Crippen LogP contribution in [0.4, 0.5) is 5.69 Å². The molecule has 5 nitrogen and oxygen atoms in total. The molecule has 3 aromatic carbocycles. The van der Waals surface area contributed by atoms with Crippen LogP contribution in [-0.4, -0.2) is 19.0 Å². The van der Waals surface area contributed by atoms with Gasteiger partial charge in [0.1, 0.15) is 12.4 Å². The second-order valence-electron chi connectivity index (χ2n) is 7.01. The lowest BCUT2D eigenvalue weighted by atomic mass is 10.1. The fourth-order valence-electron chi connectivity index (χ4n) is 3.06. The van der Waals surface area contributed by atoms with Gasteiger partial charge in [0.15, 0.2) is 0 Å². The van der Waals surface area contributed by atoms with E-state index < -0.39 is 5.97 Å². The van der Waals surface area contributed by atoms with Crippen LogP contribution in [-0.2, 0) is 22.6 Å². The van der Waals surface area contributed by atoms with E-state index in [-0.39, 0.29) is 12.5 Å². The Morgan fingerprint density at radius 1 is 0.900 bits per heavy atom. The number of esters is 1. The first-order valence-corrected chi connectivity index (χ1v) is 9.79. The maximum Gasteiger partial charge on any atom is 0.340 e. The molecule has 154 valence electrons. The summed E-state index contributed by atoms with van der Waals surface area (Å²) < 4.78 is 10.6. The van der Waals surface area contributed by atoms with E-state index in [9.17, 15) is 9.59 Å². The predicted octanol–water partition coefficient (Wildman–Crippen LogP) is 4.93. The third-order valence-electron chi connectivity index (χ3n) is 4.67. The first-order valence-electron chi connectivity index (χ1n) is 9.79. The standard InChI is InChI=1S/C25H25NO4/c1-18-6-5-7-20(16-18)17-30-25(28)22-8-3-4-9-23(22)26-24(27)15-12-19-10-13-21(29-2)14-11-19/h3-11,13-14,16H,12,15,17H2,1-2H3,(H,26,27). The van der Waals surface area contributed by atoms with Crippen LogP contribution in [0.25, 0.3) is 0 Å². The number of benzene rings is 3. The fraction of sp³-hybridized carbons (Fsp3) is 0.200. The molecule has 0 saturated heterocycles. The minimum atomic E-state index is -0.470. The Hall–Kier alpha value is -3.60. The maximum absolute atomic E-state index is 12.6. The van der Waals surface area contributed by atoms with Crippen molar-refractivity contribution in [1.29, 1.82) is 0 Å². The van der Waals surface area contributed by atoms with E-state index in [1.165, 1.54) is 0 Å². The molecule has 0 spiro atoms. The zero-order valence-electron chi connectivity index (χ0n) is 17.2. The molecule has 0 unspecified atom stereocenters. The highest BCUT2D eigenvalue weighted by Gasteiger charge is 2.14. The summed E-state index contributed by atoms with van der Waals surface area (Å²) in [6.07, 6.45) is 0.898. The second-order valence-corrected chi connectivity index (χ2v) is 7.01. The molecule has 30 heavy (non-hydrogen) atoms. The van der Waals surface area contributed by atoms with Gasteiger partial charge in [0.2, 0.25) is 5.91 Å². The van der Waals surface area contributed by atoms with E-state index in [2.05, 4.69) is 5.32 Å². The van der Waals surface area contributed by atoms with Gasteiger partial charge in [-0.25, -0.2) is 4.79 Å². The summed E-state index contributed by atoms with van der Waals surface area (Å²) in [6, 6.07) is 22.3. The summed E-state index contributed by atoms with van der Waals surface area (Å²) in [6.45, 7) is 2.17. The molecule has 0 aliphatic carbocycles. The van der Waals surface area contributed by atoms with Gasteiger partial charge in [-0.05, 0) is 48.7 Å². The molecule has 0 aliphatic rings. The van der Waals surface area contributed by atoms with Gasteiger partial charge in [-0.1, -0.05) is 54.1 Å². The fourth-order valence-corrected chi connectivity index (χ4v) is 3.06. The van der Waals surface area contributed by atoms with Gasteiger partial charge in [-0.3, -0.25) is 4.79 Å². The Balaban J connectivity index is 1.58. The van der Waals surface area contributed by atoms with Crippen LogP contribution >= 0.6 is 0 Å². The van der Waals surface area contributed by atoms with Crippen molar-refractivity contribution < 1.29 is 19.1 Å². The number of methoxy groups -OCH3 is 1. The van der Waals surface area contributed by atoms with Gasteiger partial charge in [0, 0.05) is 6.42 Å². The molecular formula is C25H25NO4. The van der Waals surface area contributed by atoms with Crippen LogP contribution in [0.1, 0.15) is 33.5 Å². The molecule has 3 aromatic rings. The van der Waals surface area contributed by atoms with Gasteiger partial charge in [0.05, 0.1) is 18.4 Å². The normalized spacial score (nSPS) is 10.3.